The van der Waals surface area contributed by atoms with Crippen LogP contribution in [-0.4, -0.2) is 61.8 Å². The molecule has 0 bridgehead atoms. The van der Waals surface area contributed by atoms with Gasteiger partial charge in [0.25, 0.3) is 5.91 Å². The van der Waals surface area contributed by atoms with Crippen molar-refractivity contribution in [2.24, 2.45) is 0 Å². The number of sulfonamides is 1. The maximum absolute atomic E-state index is 12.9. The van der Waals surface area contributed by atoms with Crippen LogP contribution in [0.2, 0.25) is 0 Å². The highest BCUT2D eigenvalue weighted by Crippen LogP contribution is 2.25. The Morgan fingerprint density at radius 3 is 2.61 bits per heavy atom. The average Bonchev–Trinajstić information content (AvgIpc) is 3.17. The Balaban J connectivity index is 1.73. The number of amides is 1. The zero-order chi connectivity index (χ0) is 20.3. The second kappa shape index (κ2) is 8.28. The van der Waals surface area contributed by atoms with Crippen LogP contribution < -0.4 is 4.74 Å². The van der Waals surface area contributed by atoms with Crippen LogP contribution in [-0.2, 0) is 16.4 Å². The first kappa shape index (κ1) is 20.3. The molecule has 0 spiro atoms. The van der Waals surface area contributed by atoms with E-state index in [-0.39, 0.29) is 29.3 Å². The summed E-state index contributed by atoms with van der Waals surface area (Å²) in [5.74, 6) is 0.0272. The lowest BCUT2D eigenvalue weighted by atomic mass is 10.2. The van der Waals surface area contributed by atoms with E-state index in [9.17, 15) is 13.2 Å². The van der Waals surface area contributed by atoms with Gasteiger partial charge >= 0.3 is 0 Å². The number of rotatable bonds is 6. The van der Waals surface area contributed by atoms with Gasteiger partial charge in [0.1, 0.15) is 11.7 Å². The molecule has 1 aromatic carbocycles. The lowest BCUT2D eigenvalue weighted by Gasteiger charge is -2.19. The molecule has 1 aliphatic heterocycles. The number of aromatic nitrogens is 1. The molecule has 1 aliphatic rings. The SMILES string of the molecule is CCc1ccc(S(=O)(=O)N2CCC(Oc3ncccc3C(=O)N(C)C)C2)cc1. The van der Waals surface area contributed by atoms with E-state index >= 15 is 0 Å². The van der Waals surface area contributed by atoms with E-state index in [0.717, 1.165) is 12.0 Å². The van der Waals surface area contributed by atoms with Gasteiger partial charge in [0.05, 0.1) is 11.4 Å². The zero-order valence-corrected chi connectivity index (χ0v) is 17.1. The maximum Gasteiger partial charge on any atom is 0.258 e. The number of hydrogen-bond donors (Lipinski definition) is 0. The van der Waals surface area contributed by atoms with Gasteiger partial charge in [0.15, 0.2) is 0 Å². The normalized spacial score (nSPS) is 17.5. The van der Waals surface area contributed by atoms with Crippen molar-refractivity contribution in [3.8, 4) is 5.88 Å². The molecular formula is C20H25N3O4S. The van der Waals surface area contributed by atoms with Crippen LogP contribution in [0.4, 0.5) is 0 Å². The van der Waals surface area contributed by atoms with E-state index in [1.807, 2.05) is 19.1 Å². The van der Waals surface area contributed by atoms with E-state index in [0.29, 0.717) is 18.5 Å². The van der Waals surface area contributed by atoms with Crippen molar-refractivity contribution in [1.82, 2.24) is 14.2 Å². The fourth-order valence-electron chi connectivity index (χ4n) is 3.10. The molecule has 0 saturated carbocycles. The summed E-state index contributed by atoms with van der Waals surface area (Å²) in [6.45, 7) is 2.62. The first-order valence-electron chi connectivity index (χ1n) is 9.25. The number of carbonyl (C=O) groups is 1. The fraction of sp³-hybridized carbons (Fsp3) is 0.400. The quantitative estimate of drug-likeness (QED) is 0.739. The summed E-state index contributed by atoms with van der Waals surface area (Å²) in [6, 6.07) is 10.3. The van der Waals surface area contributed by atoms with Crippen LogP contribution in [0.3, 0.4) is 0 Å². The second-order valence-corrected chi connectivity index (χ2v) is 8.88. The number of pyridine rings is 1. The number of benzene rings is 1. The molecule has 2 heterocycles. The van der Waals surface area contributed by atoms with Crippen LogP contribution in [0, 0.1) is 0 Å². The van der Waals surface area contributed by atoms with Crippen LogP contribution in [0.1, 0.15) is 29.3 Å². The van der Waals surface area contributed by atoms with Gasteiger partial charge < -0.3 is 9.64 Å². The van der Waals surface area contributed by atoms with E-state index in [1.54, 1.807) is 44.6 Å². The largest absolute Gasteiger partial charge is 0.472 e. The molecule has 1 aromatic heterocycles. The summed E-state index contributed by atoms with van der Waals surface area (Å²) in [5, 5.41) is 0. The molecule has 1 fully saturated rings. The second-order valence-electron chi connectivity index (χ2n) is 6.94. The third-order valence-electron chi connectivity index (χ3n) is 4.76. The van der Waals surface area contributed by atoms with Gasteiger partial charge in [0, 0.05) is 26.8 Å². The molecule has 1 saturated heterocycles. The van der Waals surface area contributed by atoms with Gasteiger partial charge in [-0.1, -0.05) is 19.1 Å². The lowest BCUT2D eigenvalue weighted by molar-refractivity contribution is 0.0818. The van der Waals surface area contributed by atoms with Crippen LogP contribution >= 0.6 is 0 Å². The third kappa shape index (κ3) is 4.18. The van der Waals surface area contributed by atoms with Crippen molar-refractivity contribution in [2.45, 2.75) is 30.8 Å². The molecule has 2 aromatic rings. The van der Waals surface area contributed by atoms with Crippen molar-refractivity contribution < 1.29 is 17.9 Å². The number of carbonyl (C=O) groups excluding carboxylic acids is 1. The van der Waals surface area contributed by atoms with Gasteiger partial charge in [-0.2, -0.15) is 4.31 Å². The monoisotopic (exact) mass is 403 g/mol. The number of nitrogens with zero attached hydrogens (tertiary/aromatic N) is 3. The molecule has 0 aliphatic carbocycles. The number of hydrogen-bond acceptors (Lipinski definition) is 5. The average molecular weight is 404 g/mol. The summed E-state index contributed by atoms with van der Waals surface area (Å²) in [6.07, 6.45) is 2.60. The van der Waals surface area contributed by atoms with Crippen molar-refractivity contribution in [1.29, 1.82) is 0 Å². The standard InChI is InChI=1S/C20H25N3O4S/c1-4-15-7-9-17(10-8-15)28(25,26)23-13-11-16(14-23)27-19-18(6-5-12-21-19)20(24)22(2)3/h5-10,12,16H,4,11,13-14H2,1-3H3. The van der Waals surface area contributed by atoms with Gasteiger partial charge in [-0.3, -0.25) is 4.79 Å². The predicted molar refractivity (Wildman–Crippen MR) is 106 cm³/mol. The highest BCUT2D eigenvalue weighted by Gasteiger charge is 2.34. The smallest absolute Gasteiger partial charge is 0.258 e. The molecular weight excluding hydrogens is 378 g/mol. The molecule has 1 atom stereocenters. The number of ether oxygens (including phenoxy) is 1. The summed E-state index contributed by atoms with van der Waals surface area (Å²) in [7, 11) is -0.252. The summed E-state index contributed by atoms with van der Waals surface area (Å²) in [5.41, 5.74) is 1.46. The molecule has 0 N–H and O–H groups in total. The molecule has 28 heavy (non-hydrogen) atoms. The lowest BCUT2D eigenvalue weighted by Crippen LogP contribution is -2.31. The third-order valence-corrected chi connectivity index (χ3v) is 6.64. The molecule has 8 heteroatoms. The Labute approximate surface area is 166 Å². The molecule has 1 amide bonds. The van der Waals surface area contributed by atoms with E-state index < -0.39 is 10.0 Å². The van der Waals surface area contributed by atoms with E-state index in [2.05, 4.69) is 4.98 Å². The highest BCUT2D eigenvalue weighted by molar-refractivity contribution is 7.89. The molecule has 1 unspecified atom stereocenters. The highest BCUT2D eigenvalue weighted by atomic mass is 32.2. The topological polar surface area (TPSA) is 79.8 Å². The first-order valence-corrected chi connectivity index (χ1v) is 10.7. The Morgan fingerprint density at radius 1 is 1.25 bits per heavy atom. The zero-order valence-electron chi connectivity index (χ0n) is 16.3. The number of aryl methyl sites for hydroxylation is 1. The predicted octanol–water partition coefficient (Wildman–Crippen LogP) is 2.19. The van der Waals surface area contributed by atoms with Gasteiger partial charge in [-0.25, -0.2) is 13.4 Å². The molecule has 0 radical (unpaired) electrons. The van der Waals surface area contributed by atoms with E-state index in [1.165, 1.54) is 9.21 Å². The summed E-state index contributed by atoms with van der Waals surface area (Å²) in [4.78, 5) is 18.2. The van der Waals surface area contributed by atoms with Crippen LogP contribution in [0.25, 0.3) is 0 Å². The Kier molecular flexibility index (Phi) is 6.00. The van der Waals surface area contributed by atoms with Gasteiger partial charge in [-0.15, -0.1) is 0 Å². The van der Waals surface area contributed by atoms with Crippen molar-refractivity contribution in [3.05, 3.63) is 53.7 Å². The van der Waals surface area contributed by atoms with Crippen LogP contribution in [0.15, 0.2) is 47.5 Å². The van der Waals surface area contributed by atoms with Crippen molar-refractivity contribution >= 4 is 15.9 Å². The summed E-state index contributed by atoms with van der Waals surface area (Å²) < 4.78 is 33.1. The van der Waals surface area contributed by atoms with Crippen LogP contribution in [0.5, 0.6) is 5.88 Å². The molecule has 150 valence electrons. The van der Waals surface area contributed by atoms with Gasteiger partial charge in [0.2, 0.25) is 15.9 Å². The Hall–Kier alpha value is -2.45. The molecule has 3 rings (SSSR count). The fourth-order valence-corrected chi connectivity index (χ4v) is 4.59. The minimum atomic E-state index is -3.57. The maximum atomic E-state index is 12.9. The van der Waals surface area contributed by atoms with E-state index in [4.69, 9.17) is 4.74 Å². The summed E-state index contributed by atoms with van der Waals surface area (Å²) >= 11 is 0. The minimum Gasteiger partial charge on any atom is -0.472 e. The minimum absolute atomic E-state index is 0.207. The molecule has 7 nitrogen and oxygen atoms in total. The van der Waals surface area contributed by atoms with Crippen molar-refractivity contribution in [2.75, 3.05) is 27.2 Å². The Bertz CT molecular complexity index is 942. The Morgan fingerprint density at radius 2 is 1.96 bits per heavy atom. The van der Waals surface area contributed by atoms with Crippen molar-refractivity contribution in [3.63, 3.8) is 0 Å². The first-order chi connectivity index (χ1) is 13.3. The van der Waals surface area contributed by atoms with Gasteiger partial charge in [-0.05, 0) is 42.7 Å².